The molecule has 148 valence electrons. The number of carbonyl (C=O) groups is 1. The van der Waals surface area contributed by atoms with Crippen LogP contribution >= 0.6 is 27.7 Å². The Bertz CT molecular complexity index is 923. The Morgan fingerprint density at radius 3 is 2.57 bits per heavy atom. The SMILES string of the molecule is CC(C)C(C)NC(=O)CSc1nnc(-c2ccc(Br)o2)n1Cc1ccccc1. The van der Waals surface area contributed by atoms with Gasteiger partial charge in [-0.05, 0) is 46.5 Å². The fraction of sp³-hybridized carbons (Fsp3) is 0.350. The van der Waals surface area contributed by atoms with Crippen LogP contribution in [-0.4, -0.2) is 32.5 Å². The van der Waals surface area contributed by atoms with Gasteiger partial charge in [-0.15, -0.1) is 10.2 Å². The van der Waals surface area contributed by atoms with Gasteiger partial charge in [0, 0.05) is 6.04 Å². The third-order valence-electron chi connectivity index (χ3n) is 4.41. The minimum atomic E-state index is -0.0113. The molecule has 0 bridgehead atoms. The number of aromatic nitrogens is 3. The van der Waals surface area contributed by atoms with E-state index in [1.54, 1.807) is 0 Å². The first-order valence-electron chi connectivity index (χ1n) is 9.09. The fourth-order valence-corrected chi connectivity index (χ4v) is 3.57. The first-order chi connectivity index (χ1) is 13.4. The largest absolute Gasteiger partial charge is 0.446 e. The van der Waals surface area contributed by atoms with E-state index in [1.807, 2.05) is 54.0 Å². The highest BCUT2D eigenvalue weighted by molar-refractivity contribution is 9.10. The zero-order valence-electron chi connectivity index (χ0n) is 16.1. The summed E-state index contributed by atoms with van der Waals surface area (Å²) in [5.41, 5.74) is 1.12. The summed E-state index contributed by atoms with van der Waals surface area (Å²) in [6, 6.07) is 13.9. The molecule has 3 rings (SSSR count). The number of rotatable bonds is 8. The molecule has 3 aromatic rings. The maximum atomic E-state index is 12.3. The molecule has 0 radical (unpaired) electrons. The number of nitrogens with zero attached hydrogens (tertiary/aromatic N) is 3. The summed E-state index contributed by atoms with van der Waals surface area (Å²) in [6.07, 6.45) is 0. The number of benzene rings is 1. The van der Waals surface area contributed by atoms with Crippen LogP contribution in [0.4, 0.5) is 0 Å². The van der Waals surface area contributed by atoms with Gasteiger partial charge in [-0.1, -0.05) is 55.9 Å². The Morgan fingerprint density at radius 1 is 1.18 bits per heavy atom. The molecule has 2 aromatic heterocycles. The quantitative estimate of drug-likeness (QED) is 0.495. The maximum absolute atomic E-state index is 12.3. The van der Waals surface area contributed by atoms with Crippen molar-refractivity contribution >= 4 is 33.6 Å². The summed E-state index contributed by atoms with van der Waals surface area (Å²) in [5, 5.41) is 12.3. The summed E-state index contributed by atoms with van der Waals surface area (Å²) in [7, 11) is 0. The van der Waals surface area contributed by atoms with Crippen molar-refractivity contribution in [2.24, 2.45) is 5.92 Å². The van der Waals surface area contributed by atoms with Crippen molar-refractivity contribution in [3.05, 3.63) is 52.7 Å². The molecular formula is C20H23BrN4O2S. The monoisotopic (exact) mass is 462 g/mol. The zero-order valence-corrected chi connectivity index (χ0v) is 18.5. The molecule has 2 heterocycles. The molecule has 0 aliphatic heterocycles. The maximum Gasteiger partial charge on any atom is 0.230 e. The Balaban J connectivity index is 1.80. The van der Waals surface area contributed by atoms with Crippen molar-refractivity contribution in [2.45, 2.75) is 38.5 Å². The predicted molar refractivity (Wildman–Crippen MR) is 114 cm³/mol. The van der Waals surface area contributed by atoms with E-state index >= 15 is 0 Å². The van der Waals surface area contributed by atoms with E-state index in [9.17, 15) is 4.79 Å². The second-order valence-electron chi connectivity index (χ2n) is 6.87. The van der Waals surface area contributed by atoms with Gasteiger partial charge in [0.05, 0.1) is 12.3 Å². The van der Waals surface area contributed by atoms with Crippen molar-refractivity contribution in [3.8, 4) is 11.6 Å². The Hall–Kier alpha value is -2.06. The van der Waals surface area contributed by atoms with Gasteiger partial charge in [0.25, 0.3) is 0 Å². The molecule has 8 heteroatoms. The van der Waals surface area contributed by atoms with Crippen LogP contribution in [-0.2, 0) is 11.3 Å². The smallest absolute Gasteiger partial charge is 0.230 e. The number of halogens is 1. The van der Waals surface area contributed by atoms with E-state index in [1.165, 1.54) is 11.8 Å². The lowest BCUT2D eigenvalue weighted by Crippen LogP contribution is -2.37. The predicted octanol–water partition coefficient (Wildman–Crippen LogP) is 4.60. The van der Waals surface area contributed by atoms with Gasteiger partial charge in [-0.2, -0.15) is 0 Å². The van der Waals surface area contributed by atoms with Crippen LogP contribution in [0.1, 0.15) is 26.3 Å². The highest BCUT2D eigenvalue weighted by atomic mass is 79.9. The second-order valence-corrected chi connectivity index (χ2v) is 8.59. The van der Waals surface area contributed by atoms with E-state index in [-0.39, 0.29) is 17.7 Å². The molecule has 1 aromatic carbocycles. The van der Waals surface area contributed by atoms with Crippen molar-refractivity contribution in [1.29, 1.82) is 0 Å². The average Bonchev–Trinajstić information content (AvgIpc) is 3.27. The van der Waals surface area contributed by atoms with Crippen LogP contribution in [0.5, 0.6) is 0 Å². The summed E-state index contributed by atoms with van der Waals surface area (Å²) in [5.74, 6) is 1.92. The number of furan rings is 1. The number of amides is 1. The molecule has 0 saturated heterocycles. The lowest BCUT2D eigenvalue weighted by molar-refractivity contribution is -0.119. The van der Waals surface area contributed by atoms with E-state index in [0.29, 0.717) is 33.9 Å². The van der Waals surface area contributed by atoms with Crippen LogP contribution in [0.15, 0.2) is 56.7 Å². The van der Waals surface area contributed by atoms with Crippen molar-refractivity contribution in [1.82, 2.24) is 20.1 Å². The van der Waals surface area contributed by atoms with Crippen LogP contribution in [0, 0.1) is 5.92 Å². The molecule has 0 spiro atoms. The molecule has 0 saturated carbocycles. The number of hydrogen-bond acceptors (Lipinski definition) is 5. The summed E-state index contributed by atoms with van der Waals surface area (Å²) < 4.78 is 8.28. The first kappa shape index (κ1) is 20.7. The zero-order chi connectivity index (χ0) is 20.1. The molecule has 0 aliphatic rings. The van der Waals surface area contributed by atoms with Crippen LogP contribution in [0.3, 0.4) is 0 Å². The molecule has 1 unspecified atom stereocenters. The molecule has 1 N–H and O–H groups in total. The van der Waals surface area contributed by atoms with Gasteiger partial charge in [-0.25, -0.2) is 0 Å². The molecule has 0 aliphatic carbocycles. The van der Waals surface area contributed by atoms with Gasteiger partial charge in [0.2, 0.25) is 11.7 Å². The van der Waals surface area contributed by atoms with E-state index in [4.69, 9.17) is 4.42 Å². The number of carbonyl (C=O) groups excluding carboxylic acids is 1. The normalized spacial score (nSPS) is 12.3. The molecular weight excluding hydrogens is 440 g/mol. The van der Waals surface area contributed by atoms with Gasteiger partial charge in [0.15, 0.2) is 15.6 Å². The fourth-order valence-electron chi connectivity index (χ4n) is 2.51. The number of hydrogen-bond donors (Lipinski definition) is 1. The lowest BCUT2D eigenvalue weighted by atomic mass is 10.1. The van der Waals surface area contributed by atoms with Crippen molar-refractivity contribution in [2.75, 3.05) is 5.75 Å². The van der Waals surface area contributed by atoms with Gasteiger partial charge >= 0.3 is 0 Å². The van der Waals surface area contributed by atoms with Gasteiger partial charge in [-0.3, -0.25) is 9.36 Å². The van der Waals surface area contributed by atoms with Crippen molar-refractivity contribution < 1.29 is 9.21 Å². The first-order valence-corrected chi connectivity index (χ1v) is 10.9. The van der Waals surface area contributed by atoms with E-state index in [0.717, 1.165) is 5.56 Å². The molecule has 28 heavy (non-hydrogen) atoms. The van der Waals surface area contributed by atoms with Gasteiger partial charge < -0.3 is 9.73 Å². The molecule has 1 amide bonds. The Labute approximate surface area is 177 Å². The van der Waals surface area contributed by atoms with Crippen LogP contribution in [0.2, 0.25) is 0 Å². The molecule has 1 atom stereocenters. The molecule has 6 nitrogen and oxygen atoms in total. The third-order valence-corrected chi connectivity index (χ3v) is 5.81. The topological polar surface area (TPSA) is 73.0 Å². The Morgan fingerprint density at radius 2 is 1.93 bits per heavy atom. The minimum Gasteiger partial charge on any atom is -0.446 e. The minimum absolute atomic E-state index is 0.0113. The van der Waals surface area contributed by atoms with Gasteiger partial charge in [0.1, 0.15) is 0 Å². The summed E-state index contributed by atoms with van der Waals surface area (Å²) in [6.45, 7) is 6.77. The number of nitrogens with one attached hydrogen (secondary N) is 1. The van der Waals surface area contributed by atoms with E-state index < -0.39 is 0 Å². The van der Waals surface area contributed by atoms with Crippen LogP contribution in [0.25, 0.3) is 11.6 Å². The Kier molecular flexibility index (Phi) is 6.96. The average molecular weight is 463 g/mol. The number of thioether (sulfide) groups is 1. The third kappa shape index (κ3) is 5.26. The highest BCUT2D eigenvalue weighted by Crippen LogP contribution is 2.28. The lowest BCUT2D eigenvalue weighted by Gasteiger charge is -2.17. The van der Waals surface area contributed by atoms with Crippen LogP contribution < -0.4 is 5.32 Å². The summed E-state index contributed by atoms with van der Waals surface area (Å²) in [4.78, 5) is 12.3. The van der Waals surface area contributed by atoms with E-state index in [2.05, 4.69) is 45.3 Å². The van der Waals surface area contributed by atoms with Crippen molar-refractivity contribution in [3.63, 3.8) is 0 Å². The second kappa shape index (κ2) is 9.43. The molecule has 0 fully saturated rings. The standard InChI is InChI=1S/C20H23BrN4O2S/c1-13(2)14(3)22-18(26)12-28-20-24-23-19(16-9-10-17(21)27-16)25(20)11-15-7-5-4-6-8-15/h4-10,13-14H,11-12H2,1-3H3,(H,22,26). The highest BCUT2D eigenvalue weighted by Gasteiger charge is 2.19. The summed E-state index contributed by atoms with van der Waals surface area (Å²) >= 11 is 4.70.